The first-order valence-electron chi connectivity index (χ1n) is 5.66. The van der Waals surface area contributed by atoms with Crippen molar-refractivity contribution in [1.82, 2.24) is 19.5 Å². The lowest BCUT2D eigenvalue weighted by Gasteiger charge is -2.07. The first kappa shape index (κ1) is 15.6. The van der Waals surface area contributed by atoms with Crippen molar-refractivity contribution in [2.45, 2.75) is 11.4 Å². The molecule has 112 valence electrons. The Hall–Kier alpha value is -1.78. The molecule has 1 heterocycles. The Kier molecular flexibility index (Phi) is 4.40. The van der Waals surface area contributed by atoms with Crippen molar-refractivity contribution in [3.05, 3.63) is 40.4 Å². The highest BCUT2D eigenvalue weighted by Crippen LogP contribution is 2.21. The molecule has 1 aromatic heterocycles. The predicted molar refractivity (Wildman–Crippen MR) is 76.1 cm³/mol. The largest absolute Gasteiger partial charge is 0.478 e. The second-order valence-corrected chi connectivity index (χ2v) is 6.73. The van der Waals surface area contributed by atoms with Crippen LogP contribution in [0.5, 0.6) is 0 Å². The molecule has 1 aromatic carbocycles. The van der Waals surface area contributed by atoms with Crippen LogP contribution in [0.3, 0.4) is 0 Å². The lowest BCUT2D eigenvalue weighted by Crippen LogP contribution is -2.24. The molecule has 0 saturated heterocycles. The Morgan fingerprint density at radius 3 is 2.76 bits per heavy atom. The average molecular weight is 375 g/mol. The highest BCUT2D eigenvalue weighted by Gasteiger charge is 2.18. The van der Waals surface area contributed by atoms with Gasteiger partial charge in [0.1, 0.15) is 6.33 Å². The van der Waals surface area contributed by atoms with Gasteiger partial charge in [-0.1, -0.05) is 0 Å². The summed E-state index contributed by atoms with van der Waals surface area (Å²) in [5.41, 5.74) is -0.131. The van der Waals surface area contributed by atoms with Gasteiger partial charge in [-0.3, -0.25) is 4.68 Å². The van der Waals surface area contributed by atoms with E-state index in [9.17, 15) is 13.2 Å². The van der Waals surface area contributed by atoms with Crippen LogP contribution in [0.4, 0.5) is 0 Å². The minimum Gasteiger partial charge on any atom is -0.478 e. The minimum atomic E-state index is -3.85. The molecule has 0 saturated carbocycles. The number of hydrogen-bond acceptors (Lipinski definition) is 5. The van der Waals surface area contributed by atoms with Crippen LogP contribution in [0.25, 0.3) is 0 Å². The Morgan fingerprint density at radius 2 is 2.19 bits per heavy atom. The molecule has 0 bridgehead atoms. The van der Waals surface area contributed by atoms with E-state index in [0.29, 0.717) is 10.3 Å². The Labute approximate surface area is 129 Å². The van der Waals surface area contributed by atoms with Gasteiger partial charge in [0, 0.05) is 11.5 Å². The molecule has 0 unspecified atom stereocenters. The third kappa shape index (κ3) is 3.65. The molecule has 0 aliphatic heterocycles. The molecule has 0 atom stereocenters. The van der Waals surface area contributed by atoms with Gasteiger partial charge in [0.15, 0.2) is 5.82 Å². The third-order valence-electron chi connectivity index (χ3n) is 2.55. The quantitative estimate of drug-likeness (QED) is 0.797. The molecule has 0 amide bonds. The van der Waals surface area contributed by atoms with Crippen molar-refractivity contribution in [3.63, 3.8) is 0 Å². The normalized spacial score (nSPS) is 11.5. The van der Waals surface area contributed by atoms with Crippen LogP contribution in [0.15, 0.2) is 33.9 Å². The molecule has 0 aliphatic rings. The maximum atomic E-state index is 12.1. The Morgan fingerprint density at radius 1 is 1.48 bits per heavy atom. The van der Waals surface area contributed by atoms with Crippen LogP contribution in [0.2, 0.25) is 0 Å². The highest BCUT2D eigenvalue weighted by atomic mass is 79.9. The first-order valence-corrected chi connectivity index (χ1v) is 7.94. The maximum Gasteiger partial charge on any atom is 0.336 e. The van der Waals surface area contributed by atoms with Crippen LogP contribution in [0, 0.1) is 0 Å². The van der Waals surface area contributed by atoms with Crippen LogP contribution >= 0.6 is 15.9 Å². The Bertz CT molecular complexity index is 787. The number of nitrogens with zero attached hydrogens (tertiary/aromatic N) is 3. The number of carbonyl (C=O) groups is 1. The fourth-order valence-electron chi connectivity index (χ4n) is 1.54. The van der Waals surface area contributed by atoms with Crippen molar-refractivity contribution >= 4 is 31.9 Å². The summed E-state index contributed by atoms with van der Waals surface area (Å²) in [6.07, 6.45) is 1.45. The zero-order valence-corrected chi connectivity index (χ0v) is 13.2. The number of benzene rings is 1. The number of aryl methyl sites for hydroxylation is 1. The molecular formula is C11H11BrN4O4S. The van der Waals surface area contributed by atoms with Gasteiger partial charge in [-0.05, 0) is 34.1 Å². The summed E-state index contributed by atoms with van der Waals surface area (Å²) in [4.78, 5) is 14.8. The summed E-state index contributed by atoms with van der Waals surface area (Å²) in [7, 11) is -2.18. The fourth-order valence-corrected chi connectivity index (χ4v) is 2.97. The number of rotatable bonds is 5. The second-order valence-electron chi connectivity index (χ2n) is 4.11. The van der Waals surface area contributed by atoms with E-state index in [1.807, 2.05) is 0 Å². The number of carboxylic acid groups (broad SMARTS) is 1. The van der Waals surface area contributed by atoms with Crippen molar-refractivity contribution in [2.75, 3.05) is 0 Å². The van der Waals surface area contributed by atoms with Crippen LogP contribution in [0.1, 0.15) is 16.2 Å². The van der Waals surface area contributed by atoms with E-state index in [1.165, 1.54) is 23.1 Å². The summed E-state index contributed by atoms with van der Waals surface area (Å²) < 4.78 is 28.3. The number of nitrogens with one attached hydrogen (secondary N) is 1. The minimum absolute atomic E-state index is 0.0817. The second kappa shape index (κ2) is 5.92. The maximum absolute atomic E-state index is 12.1. The van der Waals surface area contributed by atoms with E-state index in [0.717, 1.165) is 6.07 Å². The SMILES string of the molecule is Cn1cnc(CNS(=O)(=O)c2ccc(Br)c(C(=O)O)c2)n1. The highest BCUT2D eigenvalue weighted by molar-refractivity contribution is 9.10. The van der Waals surface area contributed by atoms with Gasteiger partial charge < -0.3 is 5.11 Å². The average Bonchev–Trinajstić information content (AvgIpc) is 2.82. The van der Waals surface area contributed by atoms with Crippen molar-refractivity contribution < 1.29 is 18.3 Å². The number of hydrogen-bond donors (Lipinski definition) is 2. The lowest BCUT2D eigenvalue weighted by molar-refractivity contribution is 0.0695. The number of halogens is 1. The lowest BCUT2D eigenvalue weighted by atomic mass is 10.2. The summed E-state index contributed by atoms with van der Waals surface area (Å²) >= 11 is 3.06. The smallest absolute Gasteiger partial charge is 0.336 e. The molecule has 2 N–H and O–H groups in total. The van der Waals surface area contributed by atoms with Gasteiger partial charge >= 0.3 is 5.97 Å². The van der Waals surface area contributed by atoms with E-state index >= 15 is 0 Å². The van der Waals surface area contributed by atoms with Crippen molar-refractivity contribution in [1.29, 1.82) is 0 Å². The first-order chi connectivity index (χ1) is 9.79. The van der Waals surface area contributed by atoms with Gasteiger partial charge in [0.05, 0.1) is 17.0 Å². The standard InChI is InChI=1S/C11H11BrN4O4S/c1-16-6-13-10(15-16)5-14-21(19,20)7-2-3-9(12)8(4-7)11(17)18/h2-4,6,14H,5H2,1H3,(H,17,18). The molecule has 2 aromatic rings. The molecule has 0 radical (unpaired) electrons. The molecule has 0 fully saturated rings. The molecule has 10 heteroatoms. The van der Waals surface area contributed by atoms with E-state index in [2.05, 4.69) is 30.7 Å². The molecule has 21 heavy (non-hydrogen) atoms. The zero-order valence-electron chi connectivity index (χ0n) is 10.8. The van der Waals surface area contributed by atoms with E-state index in [1.54, 1.807) is 7.05 Å². The third-order valence-corrected chi connectivity index (χ3v) is 4.64. The Balaban J connectivity index is 2.23. The molecule has 2 rings (SSSR count). The van der Waals surface area contributed by atoms with Gasteiger partial charge in [-0.25, -0.2) is 22.9 Å². The van der Waals surface area contributed by atoms with Crippen LogP contribution in [-0.2, 0) is 23.6 Å². The van der Waals surface area contributed by atoms with Gasteiger partial charge in [-0.15, -0.1) is 0 Å². The summed E-state index contributed by atoms with van der Waals surface area (Å²) in [6.45, 7) is -0.0817. The van der Waals surface area contributed by atoms with E-state index in [-0.39, 0.29) is 17.0 Å². The predicted octanol–water partition coefficient (Wildman–Crippen LogP) is 0.754. The van der Waals surface area contributed by atoms with E-state index in [4.69, 9.17) is 5.11 Å². The monoisotopic (exact) mass is 374 g/mol. The molecule has 0 spiro atoms. The summed E-state index contributed by atoms with van der Waals surface area (Å²) in [5.74, 6) is -0.901. The topological polar surface area (TPSA) is 114 Å². The summed E-state index contributed by atoms with van der Waals surface area (Å²) in [5, 5.41) is 12.9. The fraction of sp³-hybridized carbons (Fsp3) is 0.182. The van der Waals surface area contributed by atoms with Crippen molar-refractivity contribution in [3.8, 4) is 0 Å². The van der Waals surface area contributed by atoms with Crippen molar-refractivity contribution in [2.24, 2.45) is 7.05 Å². The van der Waals surface area contributed by atoms with Gasteiger partial charge in [0.2, 0.25) is 10.0 Å². The molecular weight excluding hydrogens is 364 g/mol. The molecule has 8 nitrogen and oxygen atoms in total. The zero-order chi connectivity index (χ0) is 15.6. The van der Waals surface area contributed by atoms with Crippen LogP contribution < -0.4 is 4.72 Å². The number of aromatic carboxylic acids is 1. The number of carboxylic acids is 1. The number of sulfonamides is 1. The van der Waals surface area contributed by atoms with E-state index < -0.39 is 16.0 Å². The van der Waals surface area contributed by atoms with Crippen LogP contribution in [-0.4, -0.2) is 34.3 Å². The number of aromatic nitrogens is 3. The van der Waals surface area contributed by atoms with Gasteiger partial charge in [0.25, 0.3) is 0 Å². The molecule has 0 aliphatic carbocycles. The summed E-state index contributed by atoms with van der Waals surface area (Å²) in [6, 6.07) is 3.77. The van der Waals surface area contributed by atoms with Gasteiger partial charge in [-0.2, -0.15) is 5.10 Å².